The van der Waals surface area contributed by atoms with E-state index in [0.29, 0.717) is 5.56 Å². The van der Waals surface area contributed by atoms with E-state index in [4.69, 9.17) is 15.3 Å². The average Bonchev–Trinajstić information content (AvgIpc) is 1.88. The molecule has 1 rings (SSSR count). The van der Waals surface area contributed by atoms with Gasteiger partial charge in [-0.05, 0) is 12.1 Å². The van der Waals surface area contributed by atoms with E-state index in [2.05, 4.69) is 0 Å². The normalized spacial score (nSPS) is 9.70. The third-order valence-electron chi connectivity index (χ3n) is 1.24. The standard InChI is InChI=1S/C7H8O3/c8-4-5-1-2-6(9)3-7(5)10/h1-3,8-10H,4H2. The van der Waals surface area contributed by atoms with Crippen molar-refractivity contribution in [2.24, 2.45) is 0 Å². The summed E-state index contributed by atoms with van der Waals surface area (Å²) in [5, 5.41) is 26.3. The highest BCUT2D eigenvalue weighted by Gasteiger charge is 1.98. The second kappa shape index (κ2) is 2.58. The first-order chi connectivity index (χ1) is 4.74. The molecule has 0 atom stereocenters. The van der Waals surface area contributed by atoms with Crippen LogP contribution in [0.1, 0.15) is 5.56 Å². The summed E-state index contributed by atoms with van der Waals surface area (Å²) in [6.45, 7) is -0.216. The second-order valence-electron chi connectivity index (χ2n) is 1.97. The lowest BCUT2D eigenvalue weighted by Gasteiger charge is -1.99. The highest BCUT2D eigenvalue weighted by Crippen LogP contribution is 2.21. The lowest BCUT2D eigenvalue weighted by Crippen LogP contribution is -1.82. The molecule has 0 aliphatic heterocycles. The van der Waals surface area contributed by atoms with Gasteiger partial charge in [0.25, 0.3) is 0 Å². The zero-order chi connectivity index (χ0) is 7.56. The van der Waals surface area contributed by atoms with Gasteiger partial charge in [-0.2, -0.15) is 0 Å². The number of aromatic hydroxyl groups is 2. The predicted octanol–water partition coefficient (Wildman–Crippen LogP) is 0.590. The van der Waals surface area contributed by atoms with Gasteiger partial charge >= 0.3 is 0 Å². The van der Waals surface area contributed by atoms with Gasteiger partial charge in [0.2, 0.25) is 0 Å². The van der Waals surface area contributed by atoms with Gasteiger partial charge in [-0.25, -0.2) is 0 Å². The molecule has 0 bridgehead atoms. The first kappa shape index (κ1) is 6.89. The van der Waals surface area contributed by atoms with Crippen molar-refractivity contribution in [2.45, 2.75) is 6.61 Å². The van der Waals surface area contributed by atoms with Crippen molar-refractivity contribution in [1.82, 2.24) is 0 Å². The Labute approximate surface area is 58.2 Å². The van der Waals surface area contributed by atoms with Crippen LogP contribution < -0.4 is 0 Å². The van der Waals surface area contributed by atoms with Gasteiger partial charge in [0.1, 0.15) is 11.5 Å². The van der Waals surface area contributed by atoms with E-state index in [0.717, 1.165) is 0 Å². The maximum atomic E-state index is 8.97. The highest BCUT2D eigenvalue weighted by atomic mass is 16.3. The van der Waals surface area contributed by atoms with Gasteiger partial charge in [-0.3, -0.25) is 0 Å². The Morgan fingerprint density at radius 2 is 1.90 bits per heavy atom. The summed E-state index contributed by atoms with van der Waals surface area (Å²) in [5.74, 6) is -0.0859. The molecule has 3 nitrogen and oxygen atoms in total. The van der Waals surface area contributed by atoms with E-state index < -0.39 is 0 Å². The van der Waals surface area contributed by atoms with Gasteiger partial charge in [0.05, 0.1) is 6.61 Å². The zero-order valence-corrected chi connectivity index (χ0v) is 5.28. The summed E-state index contributed by atoms with van der Waals surface area (Å²) < 4.78 is 0. The molecule has 0 aliphatic rings. The molecule has 0 saturated heterocycles. The number of aliphatic hydroxyl groups is 1. The summed E-state index contributed by atoms with van der Waals surface area (Å²) >= 11 is 0. The molecule has 0 saturated carbocycles. The first-order valence-corrected chi connectivity index (χ1v) is 2.86. The van der Waals surface area contributed by atoms with Crippen LogP contribution in [0.4, 0.5) is 0 Å². The molecular weight excluding hydrogens is 132 g/mol. The van der Waals surface area contributed by atoms with E-state index >= 15 is 0 Å². The molecule has 3 N–H and O–H groups in total. The lowest BCUT2D eigenvalue weighted by molar-refractivity contribution is 0.275. The molecule has 54 valence electrons. The van der Waals surface area contributed by atoms with Crippen molar-refractivity contribution in [3.8, 4) is 11.5 Å². The van der Waals surface area contributed by atoms with Crippen LogP contribution in [0.25, 0.3) is 0 Å². The van der Waals surface area contributed by atoms with Gasteiger partial charge in [-0.15, -0.1) is 0 Å². The smallest absolute Gasteiger partial charge is 0.124 e. The van der Waals surface area contributed by atoms with Crippen LogP contribution in [0, 0.1) is 0 Å². The van der Waals surface area contributed by atoms with E-state index in [1.165, 1.54) is 18.2 Å². The molecule has 0 amide bonds. The molecule has 0 unspecified atom stereocenters. The number of phenols is 2. The highest BCUT2D eigenvalue weighted by molar-refractivity contribution is 5.38. The summed E-state index contributed by atoms with van der Waals surface area (Å²) in [5.41, 5.74) is 0.415. The molecule has 0 aliphatic carbocycles. The molecule has 0 aromatic heterocycles. The second-order valence-corrected chi connectivity index (χ2v) is 1.97. The van der Waals surface area contributed by atoms with Crippen LogP contribution in [0.3, 0.4) is 0 Å². The van der Waals surface area contributed by atoms with Crippen LogP contribution in [0.15, 0.2) is 18.2 Å². The fourth-order valence-electron chi connectivity index (χ4n) is 0.686. The monoisotopic (exact) mass is 140 g/mol. The molecule has 0 heterocycles. The molecular formula is C7H8O3. The summed E-state index contributed by atoms with van der Waals surface area (Å²) in [7, 11) is 0. The Hall–Kier alpha value is -1.22. The zero-order valence-electron chi connectivity index (χ0n) is 5.28. The number of aliphatic hydroxyl groups excluding tert-OH is 1. The van der Waals surface area contributed by atoms with Gasteiger partial charge in [-0.1, -0.05) is 0 Å². The van der Waals surface area contributed by atoms with Crippen LogP contribution in [-0.2, 0) is 6.61 Å². The van der Waals surface area contributed by atoms with Crippen molar-refractivity contribution in [2.75, 3.05) is 0 Å². The van der Waals surface area contributed by atoms with E-state index in [-0.39, 0.29) is 18.1 Å². The van der Waals surface area contributed by atoms with Crippen LogP contribution in [0.2, 0.25) is 0 Å². The maximum absolute atomic E-state index is 8.97. The predicted molar refractivity (Wildman–Crippen MR) is 35.7 cm³/mol. The molecule has 0 radical (unpaired) electrons. The Morgan fingerprint density at radius 3 is 2.40 bits per heavy atom. The number of benzene rings is 1. The molecule has 0 spiro atoms. The fourth-order valence-corrected chi connectivity index (χ4v) is 0.686. The molecule has 1 aromatic rings. The van der Waals surface area contributed by atoms with Crippen molar-refractivity contribution in [3.63, 3.8) is 0 Å². The molecule has 3 heteroatoms. The number of hydrogen-bond donors (Lipinski definition) is 3. The minimum atomic E-state index is -0.216. The minimum absolute atomic E-state index is 0.00491. The van der Waals surface area contributed by atoms with E-state index in [1.807, 2.05) is 0 Å². The van der Waals surface area contributed by atoms with Crippen LogP contribution >= 0.6 is 0 Å². The number of hydrogen-bond acceptors (Lipinski definition) is 3. The third kappa shape index (κ3) is 1.19. The van der Waals surface area contributed by atoms with Crippen molar-refractivity contribution < 1.29 is 15.3 Å². The van der Waals surface area contributed by atoms with E-state index in [1.54, 1.807) is 0 Å². The van der Waals surface area contributed by atoms with Gasteiger partial charge in [0, 0.05) is 11.6 Å². The van der Waals surface area contributed by atoms with E-state index in [9.17, 15) is 0 Å². The minimum Gasteiger partial charge on any atom is -0.508 e. The third-order valence-corrected chi connectivity index (χ3v) is 1.24. The van der Waals surface area contributed by atoms with Crippen molar-refractivity contribution in [1.29, 1.82) is 0 Å². The SMILES string of the molecule is OCc1ccc(O)cc1O. The molecule has 10 heavy (non-hydrogen) atoms. The Kier molecular flexibility index (Phi) is 1.78. The Morgan fingerprint density at radius 1 is 1.20 bits per heavy atom. The van der Waals surface area contributed by atoms with Crippen LogP contribution in [-0.4, -0.2) is 15.3 Å². The van der Waals surface area contributed by atoms with Gasteiger partial charge < -0.3 is 15.3 Å². The maximum Gasteiger partial charge on any atom is 0.124 e. The van der Waals surface area contributed by atoms with Crippen molar-refractivity contribution in [3.05, 3.63) is 23.8 Å². The van der Waals surface area contributed by atoms with Crippen LogP contribution in [0.5, 0.6) is 11.5 Å². The lowest BCUT2D eigenvalue weighted by atomic mass is 10.2. The number of rotatable bonds is 1. The fraction of sp³-hybridized carbons (Fsp3) is 0.143. The van der Waals surface area contributed by atoms with Gasteiger partial charge in [0.15, 0.2) is 0 Å². The largest absolute Gasteiger partial charge is 0.508 e. The molecule has 1 aromatic carbocycles. The topological polar surface area (TPSA) is 60.7 Å². The van der Waals surface area contributed by atoms with Crippen molar-refractivity contribution >= 4 is 0 Å². The number of phenolic OH excluding ortho intramolecular Hbond substituents is 1. The summed E-state index contributed by atoms with van der Waals surface area (Å²) in [6, 6.07) is 4.06. The molecule has 0 fully saturated rings. The summed E-state index contributed by atoms with van der Waals surface area (Å²) in [4.78, 5) is 0. The quantitative estimate of drug-likeness (QED) is 0.535. The Bertz CT molecular complexity index is 232. The average molecular weight is 140 g/mol. The summed E-state index contributed by atoms with van der Waals surface area (Å²) in [6.07, 6.45) is 0. The first-order valence-electron chi connectivity index (χ1n) is 2.86. The Balaban J connectivity index is 3.07.